The summed E-state index contributed by atoms with van der Waals surface area (Å²) in [6.45, 7) is 4.32. The Morgan fingerprint density at radius 2 is 1.39 bits per heavy atom. The predicted molar refractivity (Wildman–Crippen MR) is 78.3 cm³/mol. The number of hydrogen-bond acceptors (Lipinski definition) is 2. The summed E-state index contributed by atoms with van der Waals surface area (Å²) < 4.78 is 0. The Kier molecular flexibility index (Phi) is 7.60. The molecule has 0 fully saturated rings. The minimum atomic E-state index is -0.0262. The van der Waals surface area contributed by atoms with E-state index in [0.717, 1.165) is 49.9 Å². The van der Waals surface area contributed by atoms with E-state index in [2.05, 4.69) is 23.8 Å². The van der Waals surface area contributed by atoms with Gasteiger partial charge in [0.1, 0.15) is 6.33 Å². The van der Waals surface area contributed by atoms with Crippen molar-refractivity contribution in [2.24, 2.45) is 0 Å². The molecule has 1 aromatic rings. The first-order valence-corrected chi connectivity index (χ1v) is 7.66. The molecular formula is C14H22Cl2N2. The lowest BCUT2D eigenvalue weighted by molar-refractivity contribution is 0.671. The summed E-state index contributed by atoms with van der Waals surface area (Å²) in [5.41, 5.74) is 1.80. The molecule has 0 spiro atoms. The van der Waals surface area contributed by atoms with Crippen LogP contribution in [0.3, 0.4) is 0 Å². The molecule has 18 heavy (non-hydrogen) atoms. The van der Waals surface area contributed by atoms with Crippen molar-refractivity contribution in [1.29, 1.82) is 0 Å². The van der Waals surface area contributed by atoms with Gasteiger partial charge in [0, 0.05) is 0 Å². The van der Waals surface area contributed by atoms with Gasteiger partial charge in [-0.2, -0.15) is 0 Å². The Bertz CT molecular complexity index is 315. The van der Waals surface area contributed by atoms with Crippen LogP contribution in [0.25, 0.3) is 0 Å². The summed E-state index contributed by atoms with van der Waals surface area (Å²) >= 11 is 12.7. The smallest absolute Gasteiger partial charge is 0.116 e. The van der Waals surface area contributed by atoms with Crippen LogP contribution >= 0.6 is 23.2 Å². The maximum Gasteiger partial charge on any atom is 0.116 e. The average molecular weight is 289 g/mol. The van der Waals surface area contributed by atoms with Gasteiger partial charge < -0.3 is 0 Å². The molecule has 0 saturated carbocycles. The van der Waals surface area contributed by atoms with Gasteiger partial charge in [0.2, 0.25) is 0 Å². The topological polar surface area (TPSA) is 25.8 Å². The van der Waals surface area contributed by atoms with E-state index in [9.17, 15) is 0 Å². The number of unbranched alkanes of at least 4 members (excludes halogenated alkanes) is 2. The summed E-state index contributed by atoms with van der Waals surface area (Å²) in [5.74, 6) is 0. The Labute approximate surface area is 120 Å². The predicted octanol–water partition coefficient (Wildman–Crippen LogP) is 5.42. The molecule has 0 aromatic carbocycles. The summed E-state index contributed by atoms with van der Waals surface area (Å²) in [6, 6.07) is 1.96. The number of rotatable bonds is 8. The van der Waals surface area contributed by atoms with Crippen molar-refractivity contribution in [3.05, 3.63) is 23.8 Å². The van der Waals surface area contributed by atoms with E-state index >= 15 is 0 Å². The second kappa shape index (κ2) is 8.71. The quantitative estimate of drug-likeness (QED) is 0.597. The van der Waals surface area contributed by atoms with Crippen molar-refractivity contribution in [2.45, 2.75) is 63.1 Å². The molecule has 102 valence electrons. The number of alkyl halides is 2. The molecule has 0 bridgehead atoms. The van der Waals surface area contributed by atoms with Gasteiger partial charge in [-0.15, -0.1) is 23.2 Å². The molecule has 2 atom stereocenters. The van der Waals surface area contributed by atoms with E-state index in [4.69, 9.17) is 23.2 Å². The van der Waals surface area contributed by atoms with Gasteiger partial charge in [-0.05, 0) is 18.9 Å². The van der Waals surface area contributed by atoms with Crippen molar-refractivity contribution in [1.82, 2.24) is 9.97 Å². The molecule has 1 heterocycles. The van der Waals surface area contributed by atoms with Gasteiger partial charge in [0.25, 0.3) is 0 Å². The summed E-state index contributed by atoms with van der Waals surface area (Å²) in [4.78, 5) is 8.51. The molecule has 1 aromatic heterocycles. The Morgan fingerprint density at radius 1 is 0.944 bits per heavy atom. The molecule has 0 radical (unpaired) electrons. The van der Waals surface area contributed by atoms with Gasteiger partial charge in [-0.3, -0.25) is 0 Å². The number of aromatic nitrogens is 2. The molecule has 0 amide bonds. The van der Waals surface area contributed by atoms with E-state index in [-0.39, 0.29) is 10.8 Å². The monoisotopic (exact) mass is 288 g/mol. The van der Waals surface area contributed by atoms with Crippen molar-refractivity contribution in [3.63, 3.8) is 0 Å². The zero-order valence-corrected chi connectivity index (χ0v) is 12.7. The van der Waals surface area contributed by atoms with Crippen LogP contribution in [0.4, 0.5) is 0 Å². The largest absolute Gasteiger partial charge is 0.240 e. The van der Waals surface area contributed by atoms with Gasteiger partial charge in [-0.25, -0.2) is 9.97 Å². The van der Waals surface area contributed by atoms with Crippen molar-refractivity contribution >= 4 is 23.2 Å². The molecule has 2 unspecified atom stereocenters. The molecule has 0 aliphatic rings. The number of halogens is 2. The lowest BCUT2D eigenvalue weighted by Crippen LogP contribution is -2.01. The van der Waals surface area contributed by atoms with E-state index in [0.29, 0.717) is 0 Å². The fraction of sp³-hybridized carbons (Fsp3) is 0.714. The lowest BCUT2D eigenvalue weighted by atomic mass is 10.1. The summed E-state index contributed by atoms with van der Waals surface area (Å²) in [6.07, 6.45) is 8.02. The first-order valence-electron chi connectivity index (χ1n) is 6.79. The van der Waals surface area contributed by atoms with E-state index in [1.54, 1.807) is 6.33 Å². The number of hydrogen-bond donors (Lipinski definition) is 0. The van der Waals surface area contributed by atoms with Crippen LogP contribution in [-0.2, 0) is 0 Å². The molecule has 0 saturated heterocycles. The molecule has 0 aliphatic carbocycles. The van der Waals surface area contributed by atoms with Crippen LogP contribution in [0.15, 0.2) is 12.4 Å². The highest BCUT2D eigenvalue weighted by atomic mass is 35.5. The minimum absolute atomic E-state index is 0.0262. The highest BCUT2D eigenvalue weighted by molar-refractivity contribution is 6.21. The SMILES string of the molecule is CCCCC(Cl)c1cc(C(Cl)CCCC)ncn1. The first-order chi connectivity index (χ1) is 8.69. The third-order valence-electron chi connectivity index (χ3n) is 2.97. The highest BCUT2D eigenvalue weighted by Gasteiger charge is 2.14. The first kappa shape index (κ1) is 15.7. The second-order valence-electron chi connectivity index (χ2n) is 4.59. The van der Waals surface area contributed by atoms with Crippen LogP contribution in [-0.4, -0.2) is 9.97 Å². The van der Waals surface area contributed by atoms with E-state index in [1.807, 2.05) is 6.07 Å². The summed E-state index contributed by atoms with van der Waals surface area (Å²) in [7, 11) is 0. The maximum atomic E-state index is 6.33. The fourth-order valence-electron chi connectivity index (χ4n) is 1.79. The van der Waals surface area contributed by atoms with Gasteiger partial charge >= 0.3 is 0 Å². The van der Waals surface area contributed by atoms with Crippen molar-refractivity contribution in [3.8, 4) is 0 Å². The normalized spacial score (nSPS) is 14.4. The molecule has 4 heteroatoms. The van der Waals surface area contributed by atoms with Gasteiger partial charge in [0.05, 0.1) is 22.1 Å². The van der Waals surface area contributed by atoms with Gasteiger partial charge in [0.15, 0.2) is 0 Å². The highest BCUT2D eigenvalue weighted by Crippen LogP contribution is 2.29. The van der Waals surface area contributed by atoms with Gasteiger partial charge in [-0.1, -0.05) is 39.5 Å². The van der Waals surface area contributed by atoms with Crippen molar-refractivity contribution in [2.75, 3.05) is 0 Å². The second-order valence-corrected chi connectivity index (χ2v) is 5.64. The Balaban J connectivity index is 2.66. The molecule has 0 aliphatic heterocycles. The van der Waals surface area contributed by atoms with Crippen LogP contribution in [0.1, 0.15) is 74.5 Å². The van der Waals surface area contributed by atoms with Crippen LogP contribution < -0.4 is 0 Å². The fourth-order valence-corrected chi connectivity index (χ4v) is 2.34. The zero-order valence-electron chi connectivity index (χ0n) is 11.2. The standard InChI is InChI=1S/C14H22Cl2N2/c1-3-5-7-11(15)13-9-14(18-10-17-13)12(16)8-6-4-2/h9-12H,3-8H2,1-2H3. The Hall–Kier alpha value is -0.340. The van der Waals surface area contributed by atoms with Crippen LogP contribution in [0.2, 0.25) is 0 Å². The van der Waals surface area contributed by atoms with Crippen molar-refractivity contribution < 1.29 is 0 Å². The van der Waals surface area contributed by atoms with E-state index < -0.39 is 0 Å². The van der Waals surface area contributed by atoms with E-state index in [1.165, 1.54) is 0 Å². The Morgan fingerprint density at radius 3 is 1.78 bits per heavy atom. The maximum absolute atomic E-state index is 6.33. The summed E-state index contributed by atoms with van der Waals surface area (Å²) in [5, 5.41) is -0.0523. The number of nitrogens with zero attached hydrogens (tertiary/aromatic N) is 2. The van der Waals surface area contributed by atoms with Crippen LogP contribution in [0, 0.1) is 0 Å². The lowest BCUT2D eigenvalue weighted by Gasteiger charge is -2.12. The molecule has 2 nitrogen and oxygen atoms in total. The third kappa shape index (κ3) is 5.11. The molecule has 0 N–H and O–H groups in total. The molecule has 1 rings (SSSR count). The zero-order chi connectivity index (χ0) is 13.4. The average Bonchev–Trinajstić information content (AvgIpc) is 2.42. The third-order valence-corrected chi connectivity index (χ3v) is 3.86. The van der Waals surface area contributed by atoms with Crippen LogP contribution in [0.5, 0.6) is 0 Å². The molecular weight excluding hydrogens is 267 g/mol. The minimum Gasteiger partial charge on any atom is -0.240 e.